The minimum absolute atomic E-state index is 0.0621. The summed E-state index contributed by atoms with van der Waals surface area (Å²) in [5, 5.41) is 0. The molecule has 1 aliphatic rings. The van der Waals surface area contributed by atoms with Crippen LogP contribution in [0.5, 0.6) is 0 Å². The predicted molar refractivity (Wildman–Crippen MR) is 73.1 cm³/mol. The van der Waals surface area contributed by atoms with Gasteiger partial charge in [-0.1, -0.05) is 13.0 Å². The van der Waals surface area contributed by atoms with E-state index in [2.05, 4.69) is 22.9 Å². The van der Waals surface area contributed by atoms with Gasteiger partial charge in [0.25, 0.3) is 5.91 Å². The van der Waals surface area contributed by atoms with E-state index in [9.17, 15) is 9.18 Å². The molecule has 1 unspecified atom stereocenters. The number of halogens is 2. The molecule has 0 saturated carbocycles. The molecule has 2 nitrogen and oxygen atoms in total. The molecule has 1 aromatic rings. The highest BCUT2D eigenvalue weighted by Gasteiger charge is 2.27. The van der Waals surface area contributed by atoms with Crippen molar-refractivity contribution in [2.75, 3.05) is 6.54 Å². The summed E-state index contributed by atoms with van der Waals surface area (Å²) in [7, 11) is 0. The smallest absolute Gasteiger partial charge is 0.255 e. The van der Waals surface area contributed by atoms with Gasteiger partial charge in [0.1, 0.15) is 5.82 Å². The molecular weight excluding hydrogens is 297 g/mol. The molecule has 0 aromatic heterocycles. The highest BCUT2D eigenvalue weighted by molar-refractivity contribution is 9.10. The number of benzene rings is 1. The summed E-state index contributed by atoms with van der Waals surface area (Å²) >= 11 is 3.17. The fourth-order valence-corrected chi connectivity index (χ4v) is 2.95. The maximum Gasteiger partial charge on any atom is 0.255 e. The lowest BCUT2D eigenvalue weighted by molar-refractivity contribution is 0.0606. The maximum atomic E-state index is 13.5. The van der Waals surface area contributed by atoms with Gasteiger partial charge >= 0.3 is 0 Å². The van der Waals surface area contributed by atoms with Crippen LogP contribution >= 0.6 is 15.9 Å². The average Bonchev–Trinajstić information content (AvgIpc) is 2.41. The molecule has 18 heavy (non-hydrogen) atoms. The molecule has 1 atom stereocenters. The zero-order valence-electron chi connectivity index (χ0n) is 10.5. The Kier molecular flexibility index (Phi) is 4.38. The molecule has 1 fully saturated rings. The van der Waals surface area contributed by atoms with Crippen molar-refractivity contribution < 1.29 is 9.18 Å². The molecule has 1 aromatic carbocycles. The Bertz CT molecular complexity index is 449. The molecule has 1 heterocycles. The number of nitrogens with zero attached hydrogens (tertiary/aromatic N) is 1. The monoisotopic (exact) mass is 313 g/mol. The molecule has 98 valence electrons. The van der Waals surface area contributed by atoms with Crippen LogP contribution in [-0.2, 0) is 0 Å². The van der Waals surface area contributed by atoms with Crippen LogP contribution in [0.2, 0.25) is 0 Å². The zero-order valence-corrected chi connectivity index (χ0v) is 12.0. The number of hydrogen-bond acceptors (Lipinski definition) is 1. The Labute approximate surface area is 115 Å². The van der Waals surface area contributed by atoms with Crippen molar-refractivity contribution in [2.45, 2.75) is 38.6 Å². The third-order valence-electron chi connectivity index (χ3n) is 3.54. The number of hydrogen-bond donors (Lipinski definition) is 0. The minimum atomic E-state index is -0.383. The standard InChI is InChI=1S/C14H17BrFNO/c1-2-10-6-3-4-9-17(10)14(18)11-7-5-8-12(16)13(11)15/h5,7-8,10H,2-4,6,9H2,1H3. The largest absolute Gasteiger partial charge is 0.336 e. The summed E-state index contributed by atoms with van der Waals surface area (Å²) in [6, 6.07) is 4.91. The highest BCUT2D eigenvalue weighted by Crippen LogP contribution is 2.26. The number of amides is 1. The van der Waals surface area contributed by atoms with Crippen LogP contribution in [-0.4, -0.2) is 23.4 Å². The molecule has 4 heteroatoms. The fraction of sp³-hybridized carbons (Fsp3) is 0.500. The highest BCUT2D eigenvalue weighted by atomic mass is 79.9. The molecular formula is C14H17BrFNO. The number of carbonyl (C=O) groups is 1. The van der Waals surface area contributed by atoms with Gasteiger partial charge in [0.15, 0.2) is 0 Å². The lowest BCUT2D eigenvalue weighted by Crippen LogP contribution is -2.43. The van der Waals surface area contributed by atoms with E-state index in [-0.39, 0.29) is 16.2 Å². The van der Waals surface area contributed by atoms with Crippen LogP contribution in [0.1, 0.15) is 43.0 Å². The van der Waals surface area contributed by atoms with E-state index in [0.717, 1.165) is 25.8 Å². The van der Waals surface area contributed by atoms with Gasteiger partial charge in [0.05, 0.1) is 10.0 Å². The summed E-state index contributed by atoms with van der Waals surface area (Å²) in [6.45, 7) is 2.87. The SMILES string of the molecule is CCC1CCCCN1C(=O)c1cccc(F)c1Br. The van der Waals surface area contributed by atoms with E-state index >= 15 is 0 Å². The van der Waals surface area contributed by atoms with Crippen LogP contribution in [0, 0.1) is 5.82 Å². The molecule has 0 radical (unpaired) electrons. The van der Waals surface area contributed by atoms with Crippen molar-refractivity contribution in [2.24, 2.45) is 0 Å². The van der Waals surface area contributed by atoms with Gasteiger partial charge in [-0.3, -0.25) is 4.79 Å². The van der Waals surface area contributed by atoms with Gasteiger partial charge in [0.2, 0.25) is 0 Å². The first-order chi connectivity index (χ1) is 8.65. The lowest BCUT2D eigenvalue weighted by atomic mass is 9.99. The fourth-order valence-electron chi connectivity index (χ4n) is 2.52. The van der Waals surface area contributed by atoms with Gasteiger partial charge in [-0.05, 0) is 53.7 Å². The molecule has 1 aliphatic heterocycles. The Morgan fingerprint density at radius 3 is 3.00 bits per heavy atom. The Balaban J connectivity index is 2.27. The second-order valence-corrected chi connectivity index (χ2v) is 5.45. The van der Waals surface area contributed by atoms with E-state index in [1.54, 1.807) is 12.1 Å². The van der Waals surface area contributed by atoms with Gasteiger partial charge in [-0.2, -0.15) is 0 Å². The molecule has 0 N–H and O–H groups in total. The number of rotatable bonds is 2. The third-order valence-corrected chi connectivity index (χ3v) is 4.35. The number of carbonyl (C=O) groups excluding carboxylic acids is 1. The third kappa shape index (κ3) is 2.58. The first-order valence-corrected chi connectivity index (χ1v) is 7.19. The minimum Gasteiger partial charge on any atom is -0.336 e. The normalized spacial score (nSPS) is 19.9. The molecule has 0 bridgehead atoms. The van der Waals surface area contributed by atoms with Crippen LogP contribution in [0.25, 0.3) is 0 Å². The van der Waals surface area contributed by atoms with Gasteiger partial charge in [-0.15, -0.1) is 0 Å². The van der Waals surface area contributed by atoms with E-state index in [0.29, 0.717) is 11.6 Å². The van der Waals surface area contributed by atoms with E-state index in [1.165, 1.54) is 12.5 Å². The zero-order chi connectivity index (χ0) is 13.1. The van der Waals surface area contributed by atoms with Crippen molar-refractivity contribution in [1.29, 1.82) is 0 Å². The molecule has 0 spiro atoms. The second kappa shape index (κ2) is 5.83. The number of likely N-dealkylation sites (tertiary alicyclic amines) is 1. The predicted octanol–water partition coefficient (Wildman–Crippen LogP) is 3.99. The summed E-state index contributed by atoms with van der Waals surface area (Å²) in [5.41, 5.74) is 0.426. The van der Waals surface area contributed by atoms with E-state index in [1.807, 2.05) is 4.90 Å². The first-order valence-electron chi connectivity index (χ1n) is 6.40. The van der Waals surface area contributed by atoms with Crippen molar-refractivity contribution in [3.05, 3.63) is 34.1 Å². The molecule has 0 aliphatic carbocycles. The quantitative estimate of drug-likeness (QED) is 0.808. The summed E-state index contributed by atoms with van der Waals surface area (Å²) < 4.78 is 13.7. The average molecular weight is 314 g/mol. The van der Waals surface area contributed by atoms with Crippen LogP contribution in [0.4, 0.5) is 4.39 Å². The lowest BCUT2D eigenvalue weighted by Gasteiger charge is -2.35. The summed E-state index contributed by atoms with van der Waals surface area (Å²) in [6.07, 6.45) is 4.22. The van der Waals surface area contributed by atoms with E-state index < -0.39 is 0 Å². The first kappa shape index (κ1) is 13.5. The van der Waals surface area contributed by atoms with Crippen LogP contribution in [0.3, 0.4) is 0 Å². The van der Waals surface area contributed by atoms with Gasteiger partial charge in [0, 0.05) is 12.6 Å². The summed E-state index contributed by atoms with van der Waals surface area (Å²) in [5.74, 6) is -0.446. The Hall–Kier alpha value is -0.900. The van der Waals surface area contributed by atoms with Crippen molar-refractivity contribution in [3.63, 3.8) is 0 Å². The second-order valence-electron chi connectivity index (χ2n) is 4.66. The van der Waals surface area contributed by atoms with Crippen molar-refractivity contribution >= 4 is 21.8 Å². The van der Waals surface area contributed by atoms with Crippen LogP contribution in [0.15, 0.2) is 22.7 Å². The topological polar surface area (TPSA) is 20.3 Å². The van der Waals surface area contributed by atoms with Crippen molar-refractivity contribution in [3.8, 4) is 0 Å². The Morgan fingerprint density at radius 2 is 2.28 bits per heavy atom. The van der Waals surface area contributed by atoms with Gasteiger partial charge < -0.3 is 4.90 Å². The molecule has 1 amide bonds. The van der Waals surface area contributed by atoms with Crippen molar-refractivity contribution in [1.82, 2.24) is 4.90 Å². The Morgan fingerprint density at radius 1 is 1.50 bits per heavy atom. The molecule has 1 saturated heterocycles. The number of piperidine rings is 1. The summed E-state index contributed by atoms with van der Waals surface area (Å²) in [4.78, 5) is 14.4. The maximum absolute atomic E-state index is 13.5. The van der Waals surface area contributed by atoms with Crippen LogP contribution < -0.4 is 0 Å². The van der Waals surface area contributed by atoms with Gasteiger partial charge in [-0.25, -0.2) is 4.39 Å². The van der Waals surface area contributed by atoms with E-state index in [4.69, 9.17) is 0 Å². The molecule has 2 rings (SSSR count).